The van der Waals surface area contributed by atoms with E-state index in [0.29, 0.717) is 11.4 Å². The predicted octanol–water partition coefficient (Wildman–Crippen LogP) is 3.08. The summed E-state index contributed by atoms with van der Waals surface area (Å²) >= 11 is 0. The minimum absolute atomic E-state index is 0.377. The van der Waals surface area contributed by atoms with Crippen molar-refractivity contribution in [2.75, 3.05) is 30.9 Å². The Balaban J connectivity index is 1.67. The molecule has 0 bridgehead atoms. The van der Waals surface area contributed by atoms with Gasteiger partial charge in [-0.2, -0.15) is 0 Å². The summed E-state index contributed by atoms with van der Waals surface area (Å²) < 4.78 is 4.75. The molecule has 0 spiro atoms. The number of hydrogen-bond acceptors (Lipinski definition) is 7. The van der Waals surface area contributed by atoms with E-state index in [2.05, 4.69) is 25.2 Å². The van der Waals surface area contributed by atoms with E-state index in [1.807, 2.05) is 31.3 Å². The van der Waals surface area contributed by atoms with Gasteiger partial charge >= 0.3 is 5.97 Å². The van der Waals surface area contributed by atoms with Crippen LogP contribution in [-0.4, -0.2) is 41.6 Å². The van der Waals surface area contributed by atoms with Crippen LogP contribution in [-0.2, 0) is 11.2 Å². The second-order valence-corrected chi connectivity index (χ2v) is 5.99. The van der Waals surface area contributed by atoms with Gasteiger partial charge in [0.2, 0.25) is 0 Å². The van der Waals surface area contributed by atoms with E-state index >= 15 is 0 Å². The molecule has 0 saturated carbocycles. The van der Waals surface area contributed by atoms with Crippen LogP contribution in [0.5, 0.6) is 0 Å². The molecule has 0 atom stereocenters. The number of pyridine rings is 1. The maximum absolute atomic E-state index is 11.7. The number of nitrogens with zero attached hydrogens (tertiary/aromatic N) is 4. The number of likely N-dealkylation sites (N-methyl/N-ethyl adjacent to an activating group) is 1. The highest BCUT2D eigenvalue weighted by atomic mass is 16.5. The molecule has 0 fully saturated rings. The molecule has 7 heteroatoms. The van der Waals surface area contributed by atoms with Crippen LogP contribution < -0.4 is 10.2 Å². The van der Waals surface area contributed by atoms with Crippen LogP contribution in [0, 0.1) is 0 Å². The molecule has 0 amide bonds. The molecule has 7 nitrogen and oxygen atoms in total. The summed E-state index contributed by atoms with van der Waals surface area (Å²) in [5.41, 5.74) is 2.46. The fourth-order valence-electron chi connectivity index (χ4n) is 2.57. The lowest BCUT2D eigenvalue weighted by atomic mass is 10.2. The summed E-state index contributed by atoms with van der Waals surface area (Å²) in [6.07, 6.45) is 6.01. The Hall–Kier alpha value is -3.48. The average Bonchev–Trinajstić information content (AvgIpc) is 2.72. The van der Waals surface area contributed by atoms with E-state index in [4.69, 9.17) is 4.74 Å². The largest absolute Gasteiger partial charge is 0.465 e. The van der Waals surface area contributed by atoms with Crippen LogP contribution in [0.15, 0.2) is 61.2 Å². The van der Waals surface area contributed by atoms with Crippen LogP contribution in [0.25, 0.3) is 0 Å². The smallest absolute Gasteiger partial charge is 0.337 e. The highest BCUT2D eigenvalue weighted by Crippen LogP contribution is 2.19. The molecule has 3 aromatic rings. The van der Waals surface area contributed by atoms with Gasteiger partial charge in [0.25, 0.3) is 0 Å². The molecular formula is C20H21N5O2. The topological polar surface area (TPSA) is 80.2 Å². The van der Waals surface area contributed by atoms with Crippen LogP contribution in [0.3, 0.4) is 0 Å². The lowest BCUT2D eigenvalue weighted by Gasteiger charge is -2.18. The van der Waals surface area contributed by atoms with Gasteiger partial charge in [0.1, 0.15) is 18.0 Å². The molecule has 1 N–H and O–H groups in total. The number of methoxy groups -OCH3 is 1. The van der Waals surface area contributed by atoms with Gasteiger partial charge in [-0.15, -0.1) is 0 Å². The Kier molecular flexibility index (Phi) is 5.94. The lowest BCUT2D eigenvalue weighted by Crippen LogP contribution is -2.21. The Bertz CT molecular complexity index is 902. The maximum atomic E-state index is 11.7. The van der Waals surface area contributed by atoms with E-state index in [-0.39, 0.29) is 5.97 Å². The van der Waals surface area contributed by atoms with Crippen molar-refractivity contribution < 1.29 is 9.53 Å². The third-order valence-electron chi connectivity index (χ3n) is 4.09. The molecule has 0 aliphatic rings. The van der Waals surface area contributed by atoms with Gasteiger partial charge in [-0.25, -0.2) is 14.8 Å². The van der Waals surface area contributed by atoms with E-state index in [1.54, 1.807) is 30.6 Å². The molecule has 3 rings (SSSR count). The standard InChI is InChI=1S/C20H21N5O2/c1-25(11-8-15-6-9-21-10-7-15)19-13-18(22-14-23-19)24-17-5-3-4-16(12-17)20(26)27-2/h3-7,9-10,12-14H,8,11H2,1-2H3,(H,22,23,24). The Labute approximate surface area is 158 Å². The third-order valence-corrected chi connectivity index (χ3v) is 4.09. The minimum Gasteiger partial charge on any atom is -0.465 e. The maximum Gasteiger partial charge on any atom is 0.337 e. The number of hydrogen-bond donors (Lipinski definition) is 1. The van der Waals surface area contributed by atoms with E-state index < -0.39 is 0 Å². The number of aromatic nitrogens is 3. The molecule has 0 unspecified atom stereocenters. The first-order valence-corrected chi connectivity index (χ1v) is 8.53. The monoisotopic (exact) mass is 363 g/mol. The summed E-state index contributed by atoms with van der Waals surface area (Å²) in [7, 11) is 3.35. The number of anilines is 3. The minimum atomic E-state index is -0.377. The number of carbonyl (C=O) groups excluding carboxylic acids is 1. The zero-order valence-electron chi connectivity index (χ0n) is 15.3. The van der Waals surface area contributed by atoms with Gasteiger partial charge < -0.3 is 15.0 Å². The first-order valence-electron chi connectivity index (χ1n) is 8.53. The molecular weight excluding hydrogens is 342 g/mol. The number of esters is 1. The van der Waals surface area contributed by atoms with Crippen molar-refractivity contribution in [3.05, 3.63) is 72.3 Å². The number of ether oxygens (including phenoxy) is 1. The van der Waals surface area contributed by atoms with E-state index in [1.165, 1.54) is 19.0 Å². The molecule has 2 heterocycles. The quantitative estimate of drug-likeness (QED) is 0.646. The van der Waals surface area contributed by atoms with Crippen LogP contribution in [0.1, 0.15) is 15.9 Å². The van der Waals surface area contributed by atoms with Crippen molar-refractivity contribution in [3.8, 4) is 0 Å². The lowest BCUT2D eigenvalue weighted by molar-refractivity contribution is 0.0601. The van der Waals surface area contributed by atoms with E-state index in [0.717, 1.165) is 24.5 Å². The summed E-state index contributed by atoms with van der Waals surface area (Å²) in [5.74, 6) is 1.08. The zero-order chi connectivity index (χ0) is 19.1. The van der Waals surface area contributed by atoms with Gasteiger partial charge in [-0.3, -0.25) is 4.98 Å². The molecule has 138 valence electrons. The summed E-state index contributed by atoms with van der Waals surface area (Å²) in [5, 5.41) is 3.20. The second kappa shape index (κ2) is 8.75. The van der Waals surface area contributed by atoms with Crippen molar-refractivity contribution >= 4 is 23.3 Å². The normalized spacial score (nSPS) is 10.3. The van der Waals surface area contributed by atoms with Crippen LogP contribution in [0.4, 0.5) is 17.3 Å². The van der Waals surface area contributed by atoms with Gasteiger partial charge in [0.15, 0.2) is 0 Å². The summed E-state index contributed by atoms with van der Waals surface area (Å²) in [4.78, 5) is 26.4. The number of rotatable bonds is 7. The highest BCUT2D eigenvalue weighted by molar-refractivity contribution is 5.90. The van der Waals surface area contributed by atoms with Crippen molar-refractivity contribution in [1.82, 2.24) is 15.0 Å². The van der Waals surface area contributed by atoms with Gasteiger partial charge in [0.05, 0.1) is 12.7 Å². The summed E-state index contributed by atoms with van der Waals surface area (Å²) in [6, 6.07) is 13.0. The molecule has 0 radical (unpaired) electrons. The third kappa shape index (κ3) is 5.01. The molecule has 0 saturated heterocycles. The molecule has 1 aromatic carbocycles. The molecule has 2 aromatic heterocycles. The Morgan fingerprint density at radius 1 is 1.15 bits per heavy atom. The molecule has 0 aliphatic heterocycles. The van der Waals surface area contributed by atoms with Gasteiger partial charge in [-0.1, -0.05) is 6.07 Å². The molecule has 0 aliphatic carbocycles. The van der Waals surface area contributed by atoms with Crippen LogP contribution >= 0.6 is 0 Å². The first-order chi connectivity index (χ1) is 13.2. The highest BCUT2D eigenvalue weighted by Gasteiger charge is 2.08. The number of nitrogens with one attached hydrogen (secondary N) is 1. The van der Waals surface area contributed by atoms with Gasteiger partial charge in [-0.05, 0) is 42.3 Å². The summed E-state index contributed by atoms with van der Waals surface area (Å²) in [6.45, 7) is 0.818. The van der Waals surface area contributed by atoms with Crippen molar-refractivity contribution in [3.63, 3.8) is 0 Å². The number of benzene rings is 1. The van der Waals surface area contributed by atoms with Gasteiger partial charge in [0, 0.05) is 37.7 Å². The fourth-order valence-corrected chi connectivity index (χ4v) is 2.57. The van der Waals surface area contributed by atoms with E-state index in [9.17, 15) is 4.79 Å². The van der Waals surface area contributed by atoms with Crippen molar-refractivity contribution in [2.24, 2.45) is 0 Å². The zero-order valence-corrected chi connectivity index (χ0v) is 15.3. The predicted molar refractivity (Wildman–Crippen MR) is 104 cm³/mol. The number of carbonyl (C=O) groups is 1. The average molecular weight is 363 g/mol. The van der Waals surface area contributed by atoms with Crippen molar-refractivity contribution in [2.45, 2.75) is 6.42 Å². The Morgan fingerprint density at radius 3 is 2.74 bits per heavy atom. The fraction of sp³-hybridized carbons (Fsp3) is 0.200. The van der Waals surface area contributed by atoms with Crippen LogP contribution in [0.2, 0.25) is 0 Å². The second-order valence-electron chi connectivity index (χ2n) is 5.99. The first kappa shape index (κ1) is 18.3. The SMILES string of the molecule is COC(=O)c1cccc(Nc2cc(N(C)CCc3ccncc3)ncn2)c1. The van der Waals surface area contributed by atoms with Crippen molar-refractivity contribution in [1.29, 1.82) is 0 Å². The Morgan fingerprint density at radius 2 is 1.96 bits per heavy atom. The molecule has 27 heavy (non-hydrogen) atoms.